The van der Waals surface area contributed by atoms with Crippen LogP contribution < -0.4 is 10.9 Å². The Labute approximate surface area is 160 Å². The van der Waals surface area contributed by atoms with Gasteiger partial charge in [-0.15, -0.1) is 0 Å². The number of halogens is 1. The number of rotatable bonds is 3. The van der Waals surface area contributed by atoms with Crippen LogP contribution in [0.2, 0.25) is 5.02 Å². The molecule has 0 saturated carbocycles. The molecule has 5 rings (SSSR count). The molecule has 0 aliphatic carbocycles. The molecule has 134 valence electrons. The largest absolute Gasteiger partial charge is 0.385 e. The predicted molar refractivity (Wildman–Crippen MR) is 114 cm³/mol. The Morgan fingerprint density at radius 1 is 1.11 bits per heavy atom. The van der Waals surface area contributed by atoms with Crippen molar-refractivity contribution in [2.24, 2.45) is 5.92 Å². The molecule has 0 saturated heterocycles. The van der Waals surface area contributed by atoms with Gasteiger partial charge in [-0.25, -0.2) is 4.98 Å². The van der Waals surface area contributed by atoms with Crippen LogP contribution in [-0.4, -0.2) is 15.9 Å². The van der Waals surface area contributed by atoms with Crippen LogP contribution in [0.4, 0.5) is 5.69 Å². The van der Waals surface area contributed by atoms with Gasteiger partial charge in [0.2, 0.25) is 0 Å². The molecule has 1 N–H and O–H groups in total. The van der Waals surface area contributed by atoms with E-state index in [1.54, 1.807) is 16.5 Å². The molecule has 0 unspecified atom stereocenters. The van der Waals surface area contributed by atoms with Gasteiger partial charge in [0, 0.05) is 28.0 Å². The third kappa shape index (κ3) is 2.44. The summed E-state index contributed by atoms with van der Waals surface area (Å²) < 4.78 is 1.70. The van der Waals surface area contributed by atoms with Crippen LogP contribution in [0.1, 0.15) is 13.8 Å². The summed E-state index contributed by atoms with van der Waals surface area (Å²) in [4.78, 5) is 18.1. The quantitative estimate of drug-likeness (QED) is 0.464. The summed E-state index contributed by atoms with van der Waals surface area (Å²) in [6.45, 7) is 5.18. The molecule has 0 atom stereocenters. The number of aromatic nitrogens is 2. The van der Waals surface area contributed by atoms with Crippen LogP contribution in [0.25, 0.3) is 38.2 Å². The lowest BCUT2D eigenvalue weighted by Crippen LogP contribution is -2.14. The maximum absolute atomic E-state index is 13.4. The van der Waals surface area contributed by atoms with Crippen molar-refractivity contribution in [2.75, 3.05) is 11.9 Å². The van der Waals surface area contributed by atoms with E-state index >= 15 is 0 Å². The Kier molecular flexibility index (Phi) is 3.52. The smallest absolute Gasteiger partial charge is 0.264 e. The van der Waals surface area contributed by atoms with Crippen molar-refractivity contribution in [3.8, 4) is 0 Å². The molecule has 2 aromatic heterocycles. The second kappa shape index (κ2) is 5.83. The van der Waals surface area contributed by atoms with E-state index in [0.29, 0.717) is 22.0 Å². The highest BCUT2D eigenvalue weighted by Gasteiger charge is 2.16. The normalized spacial score (nSPS) is 12.1. The predicted octanol–water partition coefficient (Wildman–Crippen LogP) is 5.31. The van der Waals surface area contributed by atoms with Crippen molar-refractivity contribution in [2.45, 2.75) is 13.8 Å². The van der Waals surface area contributed by atoms with Crippen molar-refractivity contribution < 1.29 is 0 Å². The lowest BCUT2D eigenvalue weighted by Gasteiger charge is -2.13. The number of pyridine rings is 1. The monoisotopic (exact) mass is 375 g/mol. The highest BCUT2D eigenvalue weighted by molar-refractivity contribution is 6.31. The maximum Gasteiger partial charge on any atom is 0.264 e. The molecule has 0 radical (unpaired) electrons. The Morgan fingerprint density at radius 3 is 2.78 bits per heavy atom. The molecule has 0 aliphatic rings. The zero-order valence-corrected chi connectivity index (χ0v) is 15.8. The average molecular weight is 376 g/mol. The van der Waals surface area contributed by atoms with E-state index in [-0.39, 0.29) is 5.56 Å². The van der Waals surface area contributed by atoms with E-state index in [0.717, 1.165) is 39.4 Å². The number of imidazole rings is 1. The minimum absolute atomic E-state index is 0.0493. The summed E-state index contributed by atoms with van der Waals surface area (Å²) in [7, 11) is 0. The molecule has 3 aromatic carbocycles. The zero-order chi connectivity index (χ0) is 18.7. The van der Waals surface area contributed by atoms with Gasteiger partial charge in [-0.1, -0.05) is 43.6 Å². The van der Waals surface area contributed by atoms with Crippen molar-refractivity contribution in [3.63, 3.8) is 0 Å². The third-order valence-corrected chi connectivity index (χ3v) is 5.22. The molecule has 4 nitrogen and oxygen atoms in total. The molecule has 0 spiro atoms. The molecule has 0 amide bonds. The van der Waals surface area contributed by atoms with Gasteiger partial charge in [-0.05, 0) is 41.6 Å². The van der Waals surface area contributed by atoms with Crippen LogP contribution in [0, 0.1) is 5.92 Å². The highest BCUT2D eigenvalue weighted by atomic mass is 35.5. The number of benzene rings is 3. The average Bonchev–Trinajstić information content (AvgIpc) is 3.02. The fourth-order valence-electron chi connectivity index (χ4n) is 3.77. The van der Waals surface area contributed by atoms with E-state index in [2.05, 4.69) is 25.2 Å². The molecule has 0 fully saturated rings. The summed E-state index contributed by atoms with van der Waals surface area (Å²) in [5.74, 6) is 0.521. The van der Waals surface area contributed by atoms with Crippen LogP contribution in [-0.2, 0) is 0 Å². The summed E-state index contributed by atoms with van der Waals surface area (Å²) >= 11 is 6.13. The van der Waals surface area contributed by atoms with Crippen molar-refractivity contribution in [1.29, 1.82) is 0 Å². The standard InChI is InChI=1S/C22H18ClN3O/c1-12(2)11-24-15-8-13-4-3-5-16-20(13)17(10-15)22(27)26-19-7-6-14(23)9-18(19)25-21(16)26/h3-10,12,24H,11H2,1-2H3. The van der Waals surface area contributed by atoms with E-state index < -0.39 is 0 Å². The van der Waals surface area contributed by atoms with E-state index in [9.17, 15) is 4.79 Å². The molecule has 2 heterocycles. The highest BCUT2D eigenvalue weighted by Crippen LogP contribution is 2.32. The number of nitrogens with zero attached hydrogens (tertiary/aromatic N) is 2. The number of hydrogen-bond donors (Lipinski definition) is 1. The molecular formula is C22H18ClN3O. The van der Waals surface area contributed by atoms with Gasteiger partial charge in [0.05, 0.1) is 16.4 Å². The Balaban J connectivity index is 1.93. The lowest BCUT2D eigenvalue weighted by atomic mass is 10.0. The minimum Gasteiger partial charge on any atom is -0.385 e. The van der Waals surface area contributed by atoms with Gasteiger partial charge in [-0.2, -0.15) is 0 Å². The lowest BCUT2D eigenvalue weighted by molar-refractivity contribution is 0.689. The molecule has 0 bridgehead atoms. The topological polar surface area (TPSA) is 46.4 Å². The van der Waals surface area contributed by atoms with Gasteiger partial charge in [0.1, 0.15) is 5.65 Å². The van der Waals surface area contributed by atoms with Gasteiger partial charge >= 0.3 is 0 Å². The number of hydrogen-bond acceptors (Lipinski definition) is 3. The van der Waals surface area contributed by atoms with Crippen molar-refractivity contribution in [3.05, 3.63) is 63.9 Å². The Bertz CT molecular complexity index is 1390. The summed E-state index contributed by atoms with van der Waals surface area (Å²) in [5, 5.41) is 7.74. The second-order valence-electron chi connectivity index (χ2n) is 7.41. The van der Waals surface area contributed by atoms with Crippen LogP contribution in [0.5, 0.6) is 0 Å². The van der Waals surface area contributed by atoms with Gasteiger partial charge in [0.15, 0.2) is 0 Å². The number of anilines is 1. The Hall–Kier alpha value is -2.85. The van der Waals surface area contributed by atoms with Crippen LogP contribution >= 0.6 is 11.6 Å². The fourth-order valence-corrected chi connectivity index (χ4v) is 3.93. The van der Waals surface area contributed by atoms with Crippen LogP contribution in [0.3, 0.4) is 0 Å². The summed E-state index contributed by atoms with van der Waals surface area (Å²) in [6, 6.07) is 15.6. The van der Waals surface area contributed by atoms with Gasteiger partial charge < -0.3 is 5.32 Å². The van der Waals surface area contributed by atoms with E-state index in [4.69, 9.17) is 16.6 Å². The molecular weight excluding hydrogens is 358 g/mol. The maximum atomic E-state index is 13.4. The molecule has 27 heavy (non-hydrogen) atoms. The SMILES string of the molecule is CC(C)CNc1cc2cccc3c2c(c1)c(=O)n1c2ccc(Cl)cc2nc31. The van der Waals surface area contributed by atoms with Crippen LogP contribution in [0.15, 0.2) is 53.3 Å². The summed E-state index contributed by atoms with van der Waals surface area (Å²) in [6.07, 6.45) is 0. The first-order valence-corrected chi connectivity index (χ1v) is 9.44. The Morgan fingerprint density at radius 2 is 1.96 bits per heavy atom. The van der Waals surface area contributed by atoms with Gasteiger partial charge in [-0.3, -0.25) is 9.20 Å². The second-order valence-corrected chi connectivity index (χ2v) is 7.85. The van der Waals surface area contributed by atoms with Gasteiger partial charge in [0.25, 0.3) is 5.56 Å². The molecule has 5 aromatic rings. The van der Waals surface area contributed by atoms with Crippen molar-refractivity contribution in [1.82, 2.24) is 9.38 Å². The third-order valence-electron chi connectivity index (χ3n) is 4.98. The summed E-state index contributed by atoms with van der Waals surface area (Å²) in [5.41, 5.74) is 3.11. The van der Waals surface area contributed by atoms with E-state index in [1.165, 1.54) is 0 Å². The fraction of sp³-hybridized carbons (Fsp3) is 0.182. The van der Waals surface area contributed by atoms with Crippen molar-refractivity contribution >= 4 is 55.5 Å². The number of nitrogens with one attached hydrogen (secondary N) is 1. The first kappa shape index (κ1) is 16.3. The molecule has 5 heteroatoms. The first-order valence-electron chi connectivity index (χ1n) is 9.06. The number of fused-ring (bicyclic) bond motifs is 4. The first-order chi connectivity index (χ1) is 13.0. The molecule has 0 aliphatic heterocycles. The zero-order valence-electron chi connectivity index (χ0n) is 15.1. The van der Waals surface area contributed by atoms with E-state index in [1.807, 2.05) is 30.3 Å². The minimum atomic E-state index is -0.0493.